The molecule has 0 saturated heterocycles. The van der Waals surface area contributed by atoms with Gasteiger partial charge < -0.3 is 0 Å². The highest BCUT2D eigenvalue weighted by Crippen LogP contribution is 2.43. The summed E-state index contributed by atoms with van der Waals surface area (Å²) in [5.41, 5.74) is 2.27. The molecule has 8 aromatic rings. The van der Waals surface area contributed by atoms with Crippen molar-refractivity contribution < 1.29 is 0 Å². The van der Waals surface area contributed by atoms with Crippen LogP contribution in [0.2, 0.25) is 0 Å². The van der Waals surface area contributed by atoms with Crippen LogP contribution in [0.5, 0.6) is 0 Å². The van der Waals surface area contributed by atoms with Crippen LogP contribution in [0, 0.1) is 0 Å². The summed E-state index contributed by atoms with van der Waals surface area (Å²) in [5.74, 6) is 0.696. The molecule has 0 N–H and O–H groups in total. The van der Waals surface area contributed by atoms with Gasteiger partial charge in [0.15, 0.2) is 0 Å². The van der Waals surface area contributed by atoms with E-state index in [0.29, 0.717) is 5.95 Å². The second kappa shape index (κ2) is 6.62. The van der Waals surface area contributed by atoms with Gasteiger partial charge in [-0.15, -0.1) is 11.3 Å². The van der Waals surface area contributed by atoms with Gasteiger partial charge in [0.2, 0.25) is 5.95 Å². The highest BCUT2D eigenvalue weighted by molar-refractivity contribution is 7.26. The monoisotopic (exact) mass is 451 g/mol. The van der Waals surface area contributed by atoms with E-state index in [-0.39, 0.29) is 0 Å². The summed E-state index contributed by atoms with van der Waals surface area (Å²) in [6.45, 7) is 0. The van der Waals surface area contributed by atoms with Gasteiger partial charge in [0.25, 0.3) is 0 Å². The molecule has 0 atom stereocenters. The Labute approximate surface area is 198 Å². The van der Waals surface area contributed by atoms with Crippen molar-refractivity contribution in [3.63, 3.8) is 0 Å². The molecular weight excluding hydrogens is 434 g/mol. The van der Waals surface area contributed by atoms with Gasteiger partial charge in [-0.1, -0.05) is 60.7 Å². The van der Waals surface area contributed by atoms with E-state index in [1.807, 2.05) is 29.8 Å². The smallest absolute Gasteiger partial charge is 0.234 e. The SMILES string of the molecule is c1cnc(-n2c3cc4ccccc4cc3c3cc4sc5c6ccccc6ccc5c4cc32)nc1. The van der Waals surface area contributed by atoms with Gasteiger partial charge >= 0.3 is 0 Å². The number of benzene rings is 5. The molecule has 0 bridgehead atoms. The second-order valence-electron chi connectivity index (χ2n) is 8.73. The third-order valence-corrected chi connectivity index (χ3v) is 8.07. The number of rotatable bonds is 1. The van der Waals surface area contributed by atoms with Gasteiger partial charge in [0.05, 0.1) is 11.0 Å². The molecule has 3 heterocycles. The number of nitrogens with zero attached hydrogens (tertiary/aromatic N) is 3. The van der Waals surface area contributed by atoms with Crippen molar-refractivity contribution in [3.05, 3.63) is 103 Å². The Morgan fingerprint density at radius 3 is 2.09 bits per heavy atom. The Balaban J connectivity index is 1.58. The molecule has 5 aromatic carbocycles. The summed E-state index contributed by atoms with van der Waals surface area (Å²) >= 11 is 1.88. The molecule has 0 aliphatic carbocycles. The maximum Gasteiger partial charge on any atom is 0.234 e. The Hall–Kier alpha value is -4.28. The lowest BCUT2D eigenvalue weighted by Crippen LogP contribution is -1.99. The van der Waals surface area contributed by atoms with Crippen molar-refractivity contribution in [3.8, 4) is 5.95 Å². The van der Waals surface area contributed by atoms with Crippen LogP contribution in [0.15, 0.2) is 103 Å². The largest absolute Gasteiger partial charge is 0.278 e. The third kappa shape index (κ3) is 2.40. The standard InChI is InChI=1S/C30H17N3S/c1-2-8-20-15-26-23(14-19(20)7-1)24-17-28-25(16-27(24)33(26)30-31-12-5-13-32-30)22-11-10-18-6-3-4-9-21(18)29(22)34-28/h1-17H. The van der Waals surface area contributed by atoms with Crippen molar-refractivity contribution in [1.82, 2.24) is 14.5 Å². The number of fused-ring (bicyclic) bond motifs is 9. The molecule has 3 nitrogen and oxygen atoms in total. The minimum atomic E-state index is 0.696. The van der Waals surface area contributed by atoms with Crippen LogP contribution in [-0.2, 0) is 0 Å². The van der Waals surface area contributed by atoms with Gasteiger partial charge in [-0.05, 0) is 51.9 Å². The lowest BCUT2D eigenvalue weighted by atomic mass is 10.0. The first-order valence-corrected chi connectivity index (χ1v) is 12.2. The zero-order valence-corrected chi connectivity index (χ0v) is 18.9. The fourth-order valence-corrected chi connectivity index (χ4v) is 6.58. The molecular formula is C30H17N3S. The van der Waals surface area contributed by atoms with Crippen molar-refractivity contribution in [2.45, 2.75) is 0 Å². The number of thiophene rings is 1. The van der Waals surface area contributed by atoms with Gasteiger partial charge in [-0.3, -0.25) is 4.57 Å². The van der Waals surface area contributed by atoms with Crippen LogP contribution < -0.4 is 0 Å². The molecule has 0 aliphatic heterocycles. The van der Waals surface area contributed by atoms with E-state index in [1.165, 1.54) is 52.5 Å². The van der Waals surface area contributed by atoms with Crippen molar-refractivity contribution in [1.29, 1.82) is 0 Å². The number of hydrogen-bond acceptors (Lipinski definition) is 3. The van der Waals surface area contributed by atoms with Crippen molar-refractivity contribution in [2.24, 2.45) is 0 Å². The summed E-state index contributed by atoms with van der Waals surface area (Å²) in [6, 6.07) is 32.8. The summed E-state index contributed by atoms with van der Waals surface area (Å²) < 4.78 is 4.86. The average molecular weight is 452 g/mol. The Bertz CT molecular complexity index is 2070. The highest BCUT2D eigenvalue weighted by atomic mass is 32.1. The molecule has 0 radical (unpaired) electrons. The van der Waals surface area contributed by atoms with Crippen LogP contribution in [-0.4, -0.2) is 14.5 Å². The zero-order valence-electron chi connectivity index (χ0n) is 18.1. The van der Waals surface area contributed by atoms with Gasteiger partial charge in [-0.2, -0.15) is 0 Å². The Morgan fingerprint density at radius 2 is 1.24 bits per heavy atom. The van der Waals surface area contributed by atoms with E-state index < -0.39 is 0 Å². The first-order valence-electron chi connectivity index (χ1n) is 11.3. The van der Waals surface area contributed by atoms with E-state index in [9.17, 15) is 0 Å². The molecule has 34 heavy (non-hydrogen) atoms. The summed E-state index contributed by atoms with van der Waals surface area (Å²) in [7, 11) is 0. The maximum atomic E-state index is 4.63. The van der Waals surface area contributed by atoms with Gasteiger partial charge in [-0.25, -0.2) is 9.97 Å². The number of aromatic nitrogens is 3. The van der Waals surface area contributed by atoms with E-state index in [0.717, 1.165) is 11.0 Å². The molecule has 0 spiro atoms. The summed E-state index contributed by atoms with van der Waals surface area (Å²) in [4.78, 5) is 9.25. The molecule has 0 unspecified atom stereocenters. The summed E-state index contributed by atoms with van der Waals surface area (Å²) in [5, 5.41) is 10.1. The molecule has 0 fully saturated rings. The quantitative estimate of drug-likeness (QED) is 0.251. The molecule has 3 aromatic heterocycles. The second-order valence-corrected chi connectivity index (χ2v) is 9.78. The molecule has 8 rings (SSSR count). The fourth-order valence-electron chi connectivity index (χ4n) is 5.32. The lowest BCUT2D eigenvalue weighted by Gasteiger charge is -2.06. The lowest BCUT2D eigenvalue weighted by molar-refractivity contribution is 0.989. The summed E-state index contributed by atoms with van der Waals surface area (Å²) in [6.07, 6.45) is 3.62. The van der Waals surface area contributed by atoms with E-state index in [4.69, 9.17) is 0 Å². The predicted octanol–water partition coefficient (Wildman–Crippen LogP) is 8.25. The molecule has 158 valence electrons. The molecule has 0 saturated carbocycles. The van der Waals surface area contributed by atoms with E-state index in [2.05, 4.69) is 99.5 Å². The van der Waals surface area contributed by atoms with E-state index in [1.54, 1.807) is 0 Å². The zero-order chi connectivity index (χ0) is 22.2. The maximum absolute atomic E-state index is 4.63. The average Bonchev–Trinajstić information content (AvgIpc) is 3.41. The van der Waals surface area contributed by atoms with Crippen LogP contribution in [0.25, 0.3) is 69.5 Å². The molecule has 4 heteroatoms. The van der Waals surface area contributed by atoms with Crippen LogP contribution in [0.4, 0.5) is 0 Å². The van der Waals surface area contributed by atoms with Crippen molar-refractivity contribution in [2.75, 3.05) is 0 Å². The third-order valence-electron chi connectivity index (χ3n) is 6.87. The topological polar surface area (TPSA) is 30.7 Å². The molecule has 0 amide bonds. The van der Waals surface area contributed by atoms with Gasteiger partial charge in [0.1, 0.15) is 0 Å². The highest BCUT2D eigenvalue weighted by Gasteiger charge is 2.18. The van der Waals surface area contributed by atoms with Crippen LogP contribution in [0.1, 0.15) is 0 Å². The van der Waals surface area contributed by atoms with Crippen LogP contribution >= 0.6 is 11.3 Å². The number of hydrogen-bond donors (Lipinski definition) is 0. The van der Waals surface area contributed by atoms with Crippen LogP contribution in [0.3, 0.4) is 0 Å². The van der Waals surface area contributed by atoms with Gasteiger partial charge in [0, 0.05) is 43.3 Å². The molecule has 0 aliphatic rings. The minimum Gasteiger partial charge on any atom is -0.278 e. The first kappa shape index (κ1) is 18.2. The first-order chi connectivity index (χ1) is 16.8. The normalized spacial score (nSPS) is 12.1. The fraction of sp³-hybridized carbons (Fsp3) is 0. The predicted molar refractivity (Wildman–Crippen MR) is 144 cm³/mol. The Morgan fingerprint density at radius 1 is 0.529 bits per heavy atom. The minimum absolute atomic E-state index is 0.696. The van der Waals surface area contributed by atoms with E-state index >= 15 is 0 Å². The Kier molecular flexibility index (Phi) is 3.54. The van der Waals surface area contributed by atoms with Crippen molar-refractivity contribution >= 4 is 74.9 Å².